The van der Waals surface area contributed by atoms with E-state index in [2.05, 4.69) is 15.2 Å². The van der Waals surface area contributed by atoms with Crippen molar-refractivity contribution in [3.05, 3.63) is 46.8 Å². The molecule has 8 nitrogen and oxygen atoms in total. The second-order valence-electron chi connectivity index (χ2n) is 8.24. The summed E-state index contributed by atoms with van der Waals surface area (Å²) in [6.45, 7) is 5.73. The van der Waals surface area contributed by atoms with Gasteiger partial charge in [-0.05, 0) is 51.3 Å². The van der Waals surface area contributed by atoms with Crippen molar-refractivity contribution in [2.45, 2.75) is 44.6 Å². The Morgan fingerprint density at radius 1 is 1.19 bits per heavy atom. The quantitative estimate of drug-likeness (QED) is 0.683. The lowest BCUT2D eigenvalue weighted by Gasteiger charge is -2.30. The summed E-state index contributed by atoms with van der Waals surface area (Å²) in [6.07, 6.45) is 4.97. The van der Waals surface area contributed by atoms with Gasteiger partial charge in [0.05, 0.1) is 29.8 Å². The van der Waals surface area contributed by atoms with Gasteiger partial charge in [-0.2, -0.15) is 0 Å². The van der Waals surface area contributed by atoms with E-state index >= 15 is 0 Å². The predicted octanol–water partition coefficient (Wildman–Crippen LogP) is 2.88. The number of anilines is 1. The summed E-state index contributed by atoms with van der Waals surface area (Å²) in [5.41, 5.74) is 3.61. The van der Waals surface area contributed by atoms with Gasteiger partial charge in [0.15, 0.2) is 0 Å². The van der Waals surface area contributed by atoms with Crippen LogP contribution in [0.15, 0.2) is 29.3 Å². The molecule has 2 heterocycles. The SMILES string of the molecule is COc1c(C)cnc(CNC(=O)c2cc(S(=O)(=O)N(C)C)ccc2N2CCCCC2)c1C. The second-order valence-corrected chi connectivity index (χ2v) is 10.4. The van der Waals surface area contributed by atoms with Crippen LogP contribution in [0.1, 0.15) is 46.4 Å². The predicted molar refractivity (Wildman–Crippen MR) is 125 cm³/mol. The molecule has 1 fully saturated rings. The lowest BCUT2D eigenvalue weighted by Crippen LogP contribution is -2.33. The molecule has 0 bridgehead atoms. The first kappa shape index (κ1) is 24.0. The summed E-state index contributed by atoms with van der Waals surface area (Å²) in [4.78, 5) is 19.9. The number of amides is 1. The minimum Gasteiger partial charge on any atom is -0.496 e. The Morgan fingerprint density at radius 2 is 1.88 bits per heavy atom. The first-order valence-electron chi connectivity index (χ1n) is 10.8. The Morgan fingerprint density at radius 3 is 2.50 bits per heavy atom. The molecule has 1 saturated heterocycles. The van der Waals surface area contributed by atoms with Crippen molar-refractivity contribution < 1.29 is 17.9 Å². The molecule has 0 unspecified atom stereocenters. The minimum atomic E-state index is -3.66. The molecule has 1 N–H and O–H groups in total. The average Bonchev–Trinajstić information content (AvgIpc) is 2.78. The van der Waals surface area contributed by atoms with Gasteiger partial charge < -0.3 is 15.0 Å². The van der Waals surface area contributed by atoms with Crippen LogP contribution in [0.2, 0.25) is 0 Å². The molecule has 1 amide bonds. The molecular weight excluding hydrogens is 428 g/mol. The number of benzene rings is 1. The molecule has 1 aromatic heterocycles. The van der Waals surface area contributed by atoms with E-state index < -0.39 is 10.0 Å². The highest BCUT2D eigenvalue weighted by atomic mass is 32.2. The van der Waals surface area contributed by atoms with Crippen molar-refractivity contribution in [2.75, 3.05) is 39.2 Å². The number of sulfonamides is 1. The number of hydrogen-bond donors (Lipinski definition) is 1. The number of hydrogen-bond acceptors (Lipinski definition) is 6. The summed E-state index contributed by atoms with van der Waals surface area (Å²) in [6, 6.07) is 4.80. The average molecular weight is 461 g/mol. The van der Waals surface area contributed by atoms with Crippen molar-refractivity contribution in [1.29, 1.82) is 0 Å². The lowest BCUT2D eigenvalue weighted by atomic mass is 10.1. The van der Waals surface area contributed by atoms with Crippen molar-refractivity contribution in [3.63, 3.8) is 0 Å². The first-order valence-corrected chi connectivity index (χ1v) is 12.2. The summed E-state index contributed by atoms with van der Waals surface area (Å²) in [7, 11) is 0.906. The van der Waals surface area contributed by atoms with Gasteiger partial charge >= 0.3 is 0 Å². The number of methoxy groups -OCH3 is 1. The molecule has 0 saturated carbocycles. The highest BCUT2D eigenvalue weighted by Crippen LogP contribution is 2.28. The monoisotopic (exact) mass is 460 g/mol. The normalized spacial score (nSPS) is 14.5. The number of ether oxygens (including phenoxy) is 1. The highest BCUT2D eigenvalue weighted by molar-refractivity contribution is 7.89. The second kappa shape index (κ2) is 9.87. The van der Waals surface area contributed by atoms with E-state index in [9.17, 15) is 13.2 Å². The van der Waals surface area contributed by atoms with Crippen LogP contribution in [-0.4, -0.2) is 57.9 Å². The maximum Gasteiger partial charge on any atom is 0.253 e. The van der Waals surface area contributed by atoms with Crippen molar-refractivity contribution in [1.82, 2.24) is 14.6 Å². The van der Waals surface area contributed by atoms with Crippen molar-refractivity contribution >= 4 is 21.6 Å². The standard InChI is InChI=1S/C23H32N4O4S/c1-16-14-24-20(17(2)22(16)31-5)15-25-23(28)19-13-18(32(29,30)26(3)4)9-10-21(19)27-11-7-6-8-12-27/h9-10,13-14H,6-8,11-12,15H2,1-5H3,(H,25,28). The molecule has 0 spiro atoms. The molecule has 1 aliphatic rings. The molecular formula is C23H32N4O4S. The van der Waals surface area contributed by atoms with Crippen molar-refractivity contribution in [3.8, 4) is 5.75 Å². The van der Waals surface area contributed by atoms with Crippen molar-refractivity contribution in [2.24, 2.45) is 0 Å². The van der Waals surface area contributed by atoms with Crippen LogP contribution in [0.25, 0.3) is 0 Å². The Bertz CT molecular complexity index is 1090. The van der Waals surface area contributed by atoms with Crippen LogP contribution in [0.3, 0.4) is 0 Å². The molecule has 9 heteroatoms. The summed E-state index contributed by atoms with van der Waals surface area (Å²) in [5, 5.41) is 2.92. The van der Waals surface area contributed by atoms with Crippen LogP contribution < -0.4 is 15.0 Å². The number of aryl methyl sites for hydroxylation is 1. The number of nitrogens with zero attached hydrogens (tertiary/aromatic N) is 3. The zero-order valence-electron chi connectivity index (χ0n) is 19.4. The molecule has 0 atom stereocenters. The van der Waals surface area contributed by atoms with E-state index in [4.69, 9.17) is 4.74 Å². The Hall–Kier alpha value is -2.65. The highest BCUT2D eigenvalue weighted by Gasteiger charge is 2.24. The summed E-state index contributed by atoms with van der Waals surface area (Å²) < 4.78 is 32.0. The maximum absolute atomic E-state index is 13.3. The van der Waals surface area contributed by atoms with E-state index in [1.807, 2.05) is 13.8 Å². The lowest BCUT2D eigenvalue weighted by molar-refractivity contribution is 0.0950. The van der Waals surface area contributed by atoms with E-state index in [-0.39, 0.29) is 17.3 Å². The third-order valence-electron chi connectivity index (χ3n) is 5.85. The first-order chi connectivity index (χ1) is 15.2. The van der Waals surface area contributed by atoms with E-state index in [1.54, 1.807) is 25.4 Å². The number of nitrogens with one attached hydrogen (secondary N) is 1. The summed E-state index contributed by atoms with van der Waals surface area (Å²) in [5.74, 6) is 0.416. The Balaban J connectivity index is 1.94. The fourth-order valence-electron chi connectivity index (χ4n) is 3.99. The molecule has 3 rings (SSSR count). The topological polar surface area (TPSA) is 91.8 Å². The Labute approximate surface area is 190 Å². The third kappa shape index (κ3) is 4.88. The van der Waals surface area contributed by atoms with Gasteiger partial charge in [-0.25, -0.2) is 12.7 Å². The molecule has 174 valence electrons. The molecule has 32 heavy (non-hydrogen) atoms. The number of carbonyl (C=O) groups excluding carboxylic acids is 1. The Kier molecular flexibility index (Phi) is 7.40. The van der Waals surface area contributed by atoms with Crippen LogP contribution in [0.4, 0.5) is 5.69 Å². The maximum atomic E-state index is 13.3. The molecule has 1 aliphatic heterocycles. The van der Waals surface area contributed by atoms with Crippen LogP contribution >= 0.6 is 0 Å². The van der Waals surface area contributed by atoms with Gasteiger partial charge in [-0.15, -0.1) is 0 Å². The van der Waals surface area contributed by atoms with Gasteiger partial charge in [-0.1, -0.05) is 0 Å². The van der Waals surface area contributed by atoms with Gasteiger partial charge in [0.1, 0.15) is 5.75 Å². The van der Waals surface area contributed by atoms with Crippen LogP contribution in [-0.2, 0) is 16.6 Å². The fraction of sp³-hybridized carbons (Fsp3) is 0.478. The molecule has 1 aromatic carbocycles. The number of pyridine rings is 1. The molecule has 0 aliphatic carbocycles. The number of aromatic nitrogens is 1. The number of carbonyl (C=O) groups is 1. The van der Waals surface area contributed by atoms with Gasteiger partial charge in [0.2, 0.25) is 10.0 Å². The zero-order valence-corrected chi connectivity index (χ0v) is 20.3. The number of rotatable bonds is 7. The largest absolute Gasteiger partial charge is 0.496 e. The fourth-order valence-corrected chi connectivity index (χ4v) is 4.92. The molecule has 0 radical (unpaired) electrons. The van der Waals surface area contributed by atoms with Gasteiger partial charge in [0, 0.05) is 50.2 Å². The molecule has 2 aromatic rings. The van der Waals surface area contributed by atoms with E-state index in [0.29, 0.717) is 11.3 Å². The third-order valence-corrected chi connectivity index (χ3v) is 7.67. The summed E-state index contributed by atoms with van der Waals surface area (Å²) >= 11 is 0. The number of piperidine rings is 1. The van der Waals surface area contributed by atoms with E-state index in [1.165, 1.54) is 20.2 Å². The zero-order chi connectivity index (χ0) is 23.5. The minimum absolute atomic E-state index is 0.0970. The van der Waals surface area contributed by atoms with Gasteiger partial charge in [0.25, 0.3) is 5.91 Å². The smallest absolute Gasteiger partial charge is 0.253 e. The van der Waals surface area contributed by atoms with Crippen LogP contribution in [0.5, 0.6) is 5.75 Å². The van der Waals surface area contributed by atoms with E-state index in [0.717, 1.165) is 59.2 Å². The van der Waals surface area contributed by atoms with Crippen LogP contribution in [0, 0.1) is 13.8 Å². The van der Waals surface area contributed by atoms with Gasteiger partial charge in [-0.3, -0.25) is 9.78 Å².